The normalized spacial score (nSPS) is 26.3. The Morgan fingerprint density at radius 3 is 2.59 bits per heavy atom. The molecule has 0 unspecified atom stereocenters. The number of β-lactam (4-membered cyclic amide) rings is 1. The molecule has 0 radical (unpaired) electrons. The van der Waals surface area contributed by atoms with Crippen LogP contribution in [0.4, 0.5) is 0 Å². The SMILES string of the molecule is CC(C)(C)N1CCCN2C(=O)[C@H](OCc3ccccc3)[C@@H]2C1. The van der Waals surface area contributed by atoms with Crippen LogP contribution in [0.2, 0.25) is 0 Å². The Morgan fingerprint density at radius 1 is 1.18 bits per heavy atom. The Balaban J connectivity index is 1.64. The van der Waals surface area contributed by atoms with Crippen molar-refractivity contribution in [2.45, 2.75) is 51.5 Å². The fourth-order valence-corrected chi connectivity index (χ4v) is 3.34. The fraction of sp³-hybridized carbons (Fsp3) is 0.611. The van der Waals surface area contributed by atoms with Gasteiger partial charge in [0.05, 0.1) is 12.6 Å². The van der Waals surface area contributed by atoms with Crippen molar-refractivity contribution in [2.24, 2.45) is 0 Å². The van der Waals surface area contributed by atoms with E-state index in [0.717, 1.165) is 31.6 Å². The maximum atomic E-state index is 12.3. The molecule has 0 aliphatic carbocycles. The van der Waals surface area contributed by atoms with E-state index < -0.39 is 0 Å². The minimum absolute atomic E-state index is 0.138. The van der Waals surface area contributed by atoms with E-state index in [2.05, 4.69) is 25.7 Å². The molecule has 2 heterocycles. The Bertz CT molecular complexity index is 524. The van der Waals surface area contributed by atoms with Crippen molar-refractivity contribution in [1.82, 2.24) is 9.80 Å². The van der Waals surface area contributed by atoms with Crippen LogP contribution in [0.5, 0.6) is 0 Å². The summed E-state index contributed by atoms with van der Waals surface area (Å²) in [7, 11) is 0. The van der Waals surface area contributed by atoms with Gasteiger partial charge < -0.3 is 9.64 Å². The summed E-state index contributed by atoms with van der Waals surface area (Å²) in [5.74, 6) is 0.164. The van der Waals surface area contributed by atoms with E-state index in [0.29, 0.717) is 6.61 Å². The predicted octanol–water partition coefficient (Wildman–Crippen LogP) is 2.29. The molecule has 2 saturated heterocycles. The number of carbonyl (C=O) groups is 1. The second-order valence-electron chi connectivity index (χ2n) is 7.29. The summed E-state index contributed by atoms with van der Waals surface area (Å²) in [5, 5.41) is 0. The van der Waals surface area contributed by atoms with Gasteiger partial charge in [-0.15, -0.1) is 0 Å². The quantitative estimate of drug-likeness (QED) is 0.803. The molecule has 1 aromatic carbocycles. The number of amides is 1. The summed E-state index contributed by atoms with van der Waals surface area (Å²) in [6, 6.07) is 10.3. The fourth-order valence-electron chi connectivity index (χ4n) is 3.34. The van der Waals surface area contributed by atoms with Gasteiger partial charge in [0.1, 0.15) is 0 Å². The lowest BCUT2D eigenvalue weighted by Crippen LogP contribution is -2.68. The van der Waals surface area contributed by atoms with Crippen LogP contribution in [0.1, 0.15) is 32.8 Å². The van der Waals surface area contributed by atoms with E-state index in [-0.39, 0.29) is 23.6 Å². The van der Waals surface area contributed by atoms with E-state index in [4.69, 9.17) is 4.74 Å². The average Bonchev–Trinajstić information content (AvgIpc) is 2.68. The number of hydrogen-bond acceptors (Lipinski definition) is 3. The molecule has 2 aliphatic heterocycles. The van der Waals surface area contributed by atoms with Crippen molar-refractivity contribution in [3.8, 4) is 0 Å². The van der Waals surface area contributed by atoms with Crippen molar-refractivity contribution in [2.75, 3.05) is 19.6 Å². The second kappa shape index (κ2) is 6.01. The van der Waals surface area contributed by atoms with Crippen molar-refractivity contribution < 1.29 is 9.53 Å². The van der Waals surface area contributed by atoms with Gasteiger partial charge in [-0.05, 0) is 32.8 Å². The summed E-state index contributed by atoms with van der Waals surface area (Å²) in [5.41, 5.74) is 1.26. The first-order valence-corrected chi connectivity index (χ1v) is 8.18. The molecule has 3 rings (SSSR count). The van der Waals surface area contributed by atoms with Crippen LogP contribution < -0.4 is 0 Å². The Morgan fingerprint density at radius 2 is 1.91 bits per heavy atom. The summed E-state index contributed by atoms with van der Waals surface area (Å²) in [4.78, 5) is 16.8. The first-order chi connectivity index (χ1) is 10.5. The molecule has 120 valence electrons. The number of rotatable bonds is 3. The van der Waals surface area contributed by atoms with Gasteiger partial charge in [-0.2, -0.15) is 0 Å². The van der Waals surface area contributed by atoms with Gasteiger partial charge in [0, 0.05) is 25.2 Å². The number of benzene rings is 1. The molecule has 4 nitrogen and oxygen atoms in total. The highest BCUT2D eigenvalue weighted by atomic mass is 16.5. The van der Waals surface area contributed by atoms with Crippen molar-refractivity contribution in [1.29, 1.82) is 0 Å². The number of hydrogen-bond donors (Lipinski definition) is 0. The van der Waals surface area contributed by atoms with E-state index in [1.807, 2.05) is 35.2 Å². The molecule has 2 aliphatic rings. The third kappa shape index (κ3) is 3.03. The van der Waals surface area contributed by atoms with Crippen LogP contribution in [-0.4, -0.2) is 53.0 Å². The molecular formula is C18H26N2O2. The van der Waals surface area contributed by atoms with E-state index in [1.54, 1.807) is 0 Å². The lowest BCUT2D eigenvalue weighted by molar-refractivity contribution is -0.176. The molecule has 1 amide bonds. The molecule has 0 bridgehead atoms. The zero-order chi connectivity index (χ0) is 15.7. The van der Waals surface area contributed by atoms with Gasteiger partial charge in [0.25, 0.3) is 5.91 Å². The highest BCUT2D eigenvalue weighted by Crippen LogP contribution is 2.30. The predicted molar refractivity (Wildman–Crippen MR) is 86.5 cm³/mol. The van der Waals surface area contributed by atoms with Crippen molar-refractivity contribution in [3.05, 3.63) is 35.9 Å². The largest absolute Gasteiger partial charge is 0.361 e. The highest BCUT2D eigenvalue weighted by Gasteiger charge is 2.50. The van der Waals surface area contributed by atoms with Crippen molar-refractivity contribution in [3.63, 3.8) is 0 Å². The molecule has 4 heteroatoms. The third-order valence-electron chi connectivity index (χ3n) is 4.73. The molecule has 22 heavy (non-hydrogen) atoms. The first kappa shape index (κ1) is 15.5. The third-order valence-corrected chi connectivity index (χ3v) is 4.73. The molecule has 0 aromatic heterocycles. The molecule has 0 spiro atoms. The highest BCUT2D eigenvalue weighted by molar-refractivity contribution is 5.88. The van der Waals surface area contributed by atoms with Gasteiger partial charge in [-0.3, -0.25) is 9.69 Å². The minimum Gasteiger partial charge on any atom is -0.361 e. The minimum atomic E-state index is -0.275. The average molecular weight is 302 g/mol. The van der Waals surface area contributed by atoms with Crippen LogP contribution >= 0.6 is 0 Å². The molecular weight excluding hydrogens is 276 g/mol. The molecule has 0 saturated carbocycles. The number of nitrogens with zero attached hydrogens (tertiary/aromatic N) is 2. The Labute approximate surface area is 133 Å². The summed E-state index contributed by atoms with van der Waals surface area (Å²) in [6.45, 7) is 10.1. The Kier molecular flexibility index (Phi) is 4.24. The molecule has 1 aromatic rings. The zero-order valence-electron chi connectivity index (χ0n) is 13.8. The van der Waals surface area contributed by atoms with Gasteiger partial charge in [0.15, 0.2) is 6.10 Å². The molecule has 2 fully saturated rings. The zero-order valence-corrected chi connectivity index (χ0v) is 13.8. The monoisotopic (exact) mass is 302 g/mol. The lowest BCUT2D eigenvalue weighted by atomic mass is 9.96. The van der Waals surface area contributed by atoms with Gasteiger partial charge in [-0.1, -0.05) is 30.3 Å². The summed E-state index contributed by atoms with van der Waals surface area (Å²) >= 11 is 0. The second-order valence-corrected chi connectivity index (χ2v) is 7.29. The summed E-state index contributed by atoms with van der Waals surface area (Å²) < 4.78 is 5.94. The van der Waals surface area contributed by atoms with Crippen LogP contribution in [0.3, 0.4) is 0 Å². The number of ether oxygens (including phenoxy) is 1. The van der Waals surface area contributed by atoms with Crippen LogP contribution in [0, 0.1) is 0 Å². The number of carbonyl (C=O) groups excluding carboxylic acids is 1. The topological polar surface area (TPSA) is 32.8 Å². The number of fused-ring (bicyclic) bond motifs is 1. The van der Waals surface area contributed by atoms with Crippen LogP contribution in [-0.2, 0) is 16.1 Å². The Hall–Kier alpha value is -1.39. The lowest BCUT2D eigenvalue weighted by Gasteiger charge is -2.48. The summed E-state index contributed by atoms with van der Waals surface area (Å²) in [6.07, 6.45) is 0.772. The van der Waals surface area contributed by atoms with E-state index in [1.165, 1.54) is 0 Å². The van der Waals surface area contributed by atoms with E-state index in [9.17, 15) is 4.79 Å². The van der Waals surface area contributed by atoms with Gasteiger partial charge >= 0.3 is 0 Å². The van der Waals surface area contributed by atoms with Crippen molar-refractivity contribution >= 4 is 5.91 Å². The molecule has 0 N–H and O–H groups in total. The maximum Gasteiger partial charge on any atom is 0.254 e. The maximum absolute atomic E-state index is 12.3. The standard InChI is InChI=1S/C18H26N2O2/c1-18(2,3)19-10-7-11-20-15(12-19)16(17(20)21)22-13-14-8-5-4-6-9-14/h4-6,8-9,15-16H,7,10-13H2,1-3H3/t15-,16+/m0/s1. The smallest absolute Gasteiger partial charge is 0.254 e. The van der Waals surface area contributed by atoms with Gasteiger partial charge in [0.2, 0.25) is 0 Å². The molecule has 2 atom stereocenters. The van der Waals surface area contributed by atoms with Crippen LogP contribution in [0.25, 0.3) is 0 Å². The van der Waals surface area contributed by atoms with E-state index >= 15 is 0 Å². The first-order valence-electron chi connectivity index (χ1n) is 8.18. The van der Waals surface area contributed by atoms with Gasteiger partial charge in [-0.25, -0.2) is 0 Å². The van der Waals surface area contributed by atoms with Crippen LogP contribution in [0.15, 0.2) is 30.3 Å².